The van der Waals surface area contributed by atoms with E-state index in [0.29, 0.717) is 0 Å². The lowest BCUT2D eigenvalue weighted by atomic mass is 9.86. The highest BCUT2D eigenvalue weighted by molar-refractivity contribution is 5.39. The second kappa shape index (κ2) is 6.24. The SMILES string of the molecule is CCC1CC(CC)CN(Cc2ccc(N)cc2)C1. The van der Waals surface area contributed by atoms with Gasteiger partial charge in [-0.2, -0.15) is 0 Å². The van der Waals surface area contributed by atoms with E-state index in [1.54, 1.807) is 0 Å². The topological polar surface area (TPSA) is 29.3 Å². The minimum Gasteiger partial charge on any atom is -0.399 e. The van der Waals surface area contributed by atoms with Crippen molar-refractivity contribution < 1.29 is 0 Å². The van der Waals surface area contributed by atoms with Gasteiger partial charge in [-0.1, -0.05) is 38.8 Å². The number of rotatable bonds is 4. The van der Waals surface area contributed by atoms with Crippen LogP contribution in [0.4, 0.5) is 5.69 Å². The number of nitrogen functional groups attached to an aromatic ring is 1. The number of benzene rings is 1. The van der Waals surface area contributed by atoms with Crippen LogP contribution in [0.1, 0.15) is 38.7 Å². The van der Waals surface area contributed by atoms with Gasteiger partial charge in [0.2, 0.25) is 0 Å². The van der Waals surface area contributed by atoms with Crippen LogP contribution in [0.2, 0.25) is 0 Å². The molecule has 2 heteroatoms. The molecule has 0 saturated carbocycles. The minimum absolute atomic E-state index is 0.857. The van der Waals surface area contributed by atoms with Gasteiger partial charge in [-0.15, -0.1) is 0 Å². The maximum atomic E-state index is 5.73. The number of nitrogens with zero attached hydrogens (tertiary/aromatic N) is 1. The molecule has 2 nitrogen and oxygen atoms in total. The smallest absolute Gasteiger partial charge is 0.0314 e. The summed E-state index contributed by atoms with van der Waals surface area (Å²) < 4.78 is 0. The van der Waals surface area contributed by atoms with E-state index in [1.807, 2.05) is 12.1 Å². The summed E-state index contributed by atoms with van der Waals surface area (Å²) in [4.78, 5) is 2.62. The molecule has 1 aromatic carbocycles. The fraction of sp³-hybridized carbons (Fsp3) is 0.625. The van der Waals surface area contributed by atoms with Crippen molar-refractivity contribution in [2.24, 2.45) is 11.8 Å². The van der Waals surface area contributed by atoms with E-state index in [4.69, 9.17) is 5.73 Å². The van der Waals surface area contributed by atoms with Gasteiger partial charge in [0, 0.05) is 25.3 Å². The molecule has 1 aromatic rings. The second-order valence-electron chi connectivity index (χ2n) is 5.72. The van der Waals surface area contributed by atoms with Gasteiger partial charge in [-0.25, -0.2) is 0 Å². The third-order valence-electron chi connectivity index (χ3n) is 4.24. The number of nitrogens with two attached hydrogens (primary N) is 1. The van der Waals surface area contributed by atoms with E-state index in [-0.39, 0.29) is 0 Å². The third kappa shape index (κ3) is 3.49. The van der Waals surface area contributed by atoms with Crippen molar-refractivity contribution in [3.63, 3.8) is 0 Å². The zero-order chi connectivity index (χ0) is 13.0. The van der Waals surface area contributed by atoms with Crippen molar-refractivity contribution in [2.75, 3.05) is 18.8 Å². The predicted octanol–water partition coefficient (Wildman–Crippen LogP) is 3.53. The molecule has 2 rings (SSSR count). The van der Waals surface area contributed by atoms with Gasteiger partial charge >= 0.3 is 0 Å². The van der Waals surface area contributed by atoms with Gasteiger partial charge in [-0.3, -0.25) is 4.90 Å². The van der Waals surface area contributed by atoms with Crippen LogP contribution in [0.15, 0.2) is 24.3 Å². The molecule has 0 aliphatic carbocycles. The van der Waals surface area contributed by atoms with E-state index in [1.165, 1.54) is 37.9 Å². The van der Waals surface area contributed by atoms with Gasteiger partial charge in [0.15, 0.2) is 0 Å². The first-order chi connectivity index (χ1) is 8.71. The van der Waals surface area contributed by atoms with Crippen LogP contribution < -0.4 is 5.73 Å². The monoisotopic (exact) mass is 246 g/mol. The maximum Gasteiger partial charge on any atom is 0.0314 e. The molecule has 2 unspecified atom stereocenters. The first kappa shape index (κ1) is 13.4. The van der Waals surface area contributed by atoms with Crippen LogP contribution in [-0.2, 0) is 6.54 Å². The van der Waals surface area contributed by atoms with E-state index < -0.39 is 0 Å². The van der Waals surface area contributed by atoms with Crippen molar-refractivity contribution >= 4 is 5.69 Å². The summed E-state index contributed by atoms with van der Waals surface area (Å²) in [5, 5.41) is 0. The molecular formula is C16H26N2. The Bertz CT molecular complexity index is 346. The quantitative estimate of drug-likeness (QED) is 0.824. The van der Waals surface area contributed by atoms with Crippen molar-refractivity contribution in [3.8, 4) is 0 Å². The number of hydrogen-bond donors (Lipinski definition) is 1. The van der Waals surface area contributed by atoms with Crippen LogP contribution in [-0.4, -0.2) is 18.0 Å². The molecule has 18 heavy (non-hydrogen) atoms. The highest BCUT2D eigenvalue weighted by Gasteiger charge is 2.24. The number of piperidine rings is 1. The number of hydrogen-bond acceptors (Lipinski definition) is 2. The van der Waals surface area contributed by atoms with Gasteiger partial charge in [-0.05, 0) is 36.0 Å². The Morgan fingerprint density at radius 1 is 1.06 bits per heavy atom. The Morgan fingerprint density at radius 2 is 1.61 bits per heavy atom. The first-order valence-electron chi connectivity index (χ1n) is 7.28. The lowest BCUT2D eigenvalue weighted by Gasteiger charge is -2.37. The average Bonchev–Trinajstić information content (AvgIpc) is 2.41. The molecule has 0 spiro atoms. The van der Waals surface area contributed by atoms with E-state index in [2.05, 4.69) is 30.9 Å². The molecule has 0 radical (unpaired) electrons. The Morgan fingerprint density at radius 3 is 2.11 bits per heavy atom. The van der Waals surface area contributed by atoms with Crippen molar-refractivity contribution in [1.82, 2.24) is 4.90 Å². The Kier molecular flexibility index (Phi) is 4.65. The minimum atomic E-state index is 0.857. The zero-order valence-corrected chi connectivity index (χ0v) is 11.7. The fourth-order valence-electron chi connectivity index (χ4n) is 3.03. The fourth-order valence-corrected chi connectivity index (χ4v) is 3.03. The molecule has 0 bridgehead atoms. The molecule has 2 atom stereocenters. The van der Waals surface area contributed by atoms with E-state index in [0.717, 1.165) is 24.1 Å². The van der Waals surface area contributed by atoms with Gasteiger partial charge in [0.05, 0.1) is 0 Å². The van der Waals surface area contributed by atoms with E-state index in [9.17, 15) is 0 Å². The molecule has 1 saturated heterocycles. The Balaban J connectivity index is 1.97. The lowest BCUT2D eigenvalue weighted by molar-refractivity contribution is 0.113. The Hall–Kier alpha value is -1.02. The summed E-state index contributed by atoms with van der Waals surface area (Å²) in [6, 6.07) is 8.33. The summed E-state index contributed by atoms with van der Waals surface area (Å²) in [5.41, 5.74) is 7.98. The van der Waals surface area contributed by atoms with Crippen LogP contribution in [0.3, 0.4) is 0 Å². The molecule has 0 aromatic heterocycles. The molecule has 2 N–H and O–H groups in total. The number of likely N-dealkylation sites (tertiary alicyclic amines) is 1. The molecular weight excluding hydrogens is 220 g/mol. The summed E-state index contributed by atoms with van der Waals surface area (Å²) in [5.74, 6) is 1.77. The number of anilines is 1. The summed E-state index contributed by atoms with van der Waals surface area (Å²) in [6.07, 6.45) is 4.05. The molecule has 100 valence electrons. The standard InChI is InChI=1S/C16H26N2/c1-3-13-9-14(4-2)11-18(10-13)12-15-5-7-16(17)8-6-15/h5-8,13-14H,3-4,9-12,17H2,1-2H3. The third-order valence-corrected chi connectivity index (χ3v) is 4.24. The van der Waals surface area contributed by atoms with Crippen molar-refractivity contribution in [3.05, 3.63) is 29.8 Å². The van der Waals surface area contributed by atoms with Crippen molar-refractivity contribution in [1.29, 1.82) is 0 Å². The van der Waals surface area contributed by atoms with Crippen LogP contribution >= 0.6 is 0 Å². The largest absolute Gasteiger partial charge is 0.399 e. The van der Waals surface area contributed by atoms with Gasteiger partial charge < -0.3 is 5.73 Å². The Labute approximate surface area is 111 Å². The summed E-state index contributed by atoms with van der Waals surface area (Å²) >= 11 is 0. The lowest BCUT2D eigenvalue weighted by Crippen LogP contribution is -2.39. The normalized spacial score (nSPS) is 25.2. The molecule has 1 heterocycles. The molecule has 1 aliphatic rings. The summed E-state index contributed by atoms with van der Waals surface area (Å²) in [6.45, 7) is 8.25. The average molecular weight is 246 g/mol. The van der Waals surface area contributed by atoms with Crippen LogP contribution in [0.25, 0.3) is 0 Å². The molecule has 0 amide bonds. The van der Waals surface area contributed by atoms with Crippen molar-refractivity contribution in [2.45, 2.75) is 39.7 Å². The first-order valence-corrected chi connectivity index (χ1v) is 7.28. The molecule has 1 fully saturated rings. The predicted molar refractivity (Wildman–Crippen MR) is 78.3 cm³/mol. The van der Waals surface area contributed by atoms with Gasteiger partial charge in [0.25, 0.3) is 0 Å². The molecule has 1 aliphatic heterocycles. The zero-order valence-electron chi connectivity index (χ0n) is 11.7. The highest BCUT2D eigenvalue weighted by Crippen LogP contribution is 2.27. The van der Waals surface area contributed by atoms with E-state index >= 15 is 0 Å². The van der Waals surface area contributed by atoms with Gasteiger partial charge in [0.1, 0.15) is 0 Å². The second-order valence-corrected chi connectivity index (χ2v) is 5.72. The van der Waals surface area contributed by atoms with Crippen LogP contribution in [0, 0.1) is 11.8 Å². The van der Waals surface area contributed by atoms with Crippen LogP contribution in [0.5, 0.6) is 0 Å². The summed E-state index contributed by atoms with van der Waals surface area (Å²) in [7, 11) is 0. The maximum absolute atomic E-state index is 5.73. The highest BCUT2D eigenvalue weighted by atomic mass is 15.1.